The van der Waals surface area contributed by atoms with Crippen LogP contribution in [0.2, 0.25) is 0 Å². The minimum Gasteiger partial charge on any atom is -0.368 e. The Labute approximate surface area is 144 Å². The molecule has 3 aromatic rings. The van der Waals surface area contributed by atoms with E-state index in [-0.39, 0.29) is 5.91 Å². The van der Waals surface area contributed by atoms with E-state index in [1.54, 1.807) is 0 Å². The first-order valence-electron chi connectivity index (χ1n) is 8.11. The number of aromatic nitrogens is 5. The second-order valence-corrected chi connectivity index (χ2v) is 5.96. The molecule has 0 spiro atoms. The SMILES string of the molecule is NC(=O)[C@H](c1ccccc1)N1CCN(c2ccc3nnnn3n2)CC1. The maximum absolute atomic E-state index is 12.0. The number of piperazine rings is 1. The van der Waals surface area contributed by atoms with E-state index >= 15 is 0 Å². The first-order chi connectivity index (χ1) is 12.2. The molecule has 1 aliphatic heterocycles. The molecule has 1 fully saturated rings. The molecule has 4 rings (SSSR count). The summed E-state index contributed by atoms with van der Waals surface area (Å²) in [6, 6.07) is 13.0. The minimum atomic E-state index is -0.404. The molecule has 1 aliphatic rings. The van der Waals surface area contributed by atoms with E-state index in [2.05, 4.69) is 30.4 Å². The number of nitrogens with zero attached hydrogens (tertiary/aromatic N) is 7. The molecule has 1 saturated heterocycles. The van der Waals surface area contributed by atoms with Gasteiger partial charge in [-0.15, -0.1) is 14.8 Å². The van der Waals surface area contributed by atoms with E-state index in [9.17, 15) is 4.79 Å². The number of primary amides is 1. The zero-order valence-electron chi connectivity index (χ0n) is 13.6. The monoisotopic (exact) mass is 338 g/mol. The van der Waals surface area contributed by atoms with Gasteiger partial charge in [0.25, 0.3) is 0 Å². The van der Waals surface area contributed by atoms with Crippen molar-refractivity contribution in [1.82, 2.24) is 30.2 Å². The quantitative estimate of drug-likeness (QED) is 0.706. The molecular formula is C16H18N8O. The molecule has 0 saturated carbocycles. The highest BCUT2D eigenvalue weighted by atomic mass is 16.1. The van der Waals surface area contributed by atoms with Crippen LogP contribution >= 0.6 is 0 Å². The molecule has 1 aromatic carbocycles. The number of carbonyl (C=O) groups is 1. The smallest absolute Gasteiger partial charge is 0.239 e. The Balaban J connectivity index is 1.49. The zero-order chi connectivity index (χ0) is 17.2. The third-order valence-electron chi connectivity index (χ3n) is 4.44. The second kappa shape index (κ2) is 6.44. The number of amides is 1. The Hall–Kier alpha value is -3.07. The van der Waals surface area contributed by atoms with Crippen molar-refractivity contribution in [3.8, 4) is 0 Å². The highest BCUT2D eigenvalue weighted by Gasteiger charge is 2.29. The van der Waals surface area contributed by atoms with Crippen LogP contribution in [0.5, 0.6) is 0 Å². The lowest BCUT2D eigenvalue weighted by molar-refractivity contribution is -0.123. The summed E-state index contributed by atoms with van der Waals surface area (Å²) in [6.45, 7) is 2.93. The van der Waals surface area contributed by atoms with Gasteiger partial charge in [-0.3, -0.25) is 9.69 Å². The fourth-order valence-corrected chi connectivity index (χ4v) is 3.21. The molecule has 0 bridgehead atoms. The Morgan fingerprint density at radius 2 is 1.80 bits per heavy atom. The van der Waals surface area contributed by atoms with Crippen LogP contribution in [0.1, 0.15) is 11.6 Å². The molecule has 2 aromatic heterocycles. The lowest BCUT2D eigenvalue weighted by atomic mass is 10.0. The number of rotatable bonds is 4. The third-order valence-corrected chi connectivity index (χ3v) is 4.44. The summed E-state index contributed by atoms with van der Waals surface area (Å²) in [4.78, 5) is 16.3. The molecule has 1 atom stereocenters. The summed E-state index contributed by atoms with van der Waals surface area (Å²) < 4.78 is 1.41. The van der Waals surface area contributed by atoms with E-state index < -0.39 is 6.04 Å². The summed E-state index contributed by atoms with van der Waals surface area (Å²) in [5, 5.41) is 15.7. The van der Waals surface area contributed by atoms with E-state index in [0.717, 1.165) is 37.6 Å². The van der Waals surface area contributed by atoms with Crippen LogP contribution in [0.25, 0.3) is 5.65 Å². The van der Waals surface area contributed by atoms with Crippen LogP contribution in [0.15, 0.2) is 42.5 Å². The summed E-state index contributed by atoms with van der Waals surface area (Å²) in [5.41, 5.74) is 7.20. The lowest BCUT2D eigenvalue weighted by Gasteiger charge is -2.38. The van der Waals surface area contributed by atoms with E-state index in [1.165, 1.54) is 4.63 Å². The van der Waals surface area contributed by atoms with Gasteiger partial charge in [0.1, 0.15) is 6.04 Å². The molecular weight excluding hydrogens is 320 g/mol. The van der Waals surface area contributed by atoms with Gasteiger partial charge < -0.3 is 10.6 Å². The molecule has 25 heavy (non-hydrogen) atoms. The molecule has 2 N–H and O–H groups in total. The molecule has 128 valence electrons. The van der Waals surface area contributed by atoms with Gasteiger partial charge in [-0.2, -0.15) is 0 Å². The van der Waals surface area contributed by atoms with Crippen LogP contribution < -0.4 is 10.6 Å². The molecule has 9 nitrogen and oxygen atoms in total. The number of nitrogens with two attached hydrogens (primary N) is 1. The van der Waals surface area contributed by atoms with Gasteiger partial charge in [-0.1, -0.05) is 30.3 Å². The predicted octanol–water partition coefficient (Wildman–Crippen LogP) is -0.132. The van der Waals surface area contributed by atoms with Gasteiger partial charge in [0, 0.05) is 26.2 Å². The average Bonchev–Trinajstić information content (AvgIpc) is 3.11. The van der Waals surface area contributed by atoms with Crippen molar-refractivity contribution < 1.29 is 4.79 Å². The first kappa shape index (κ1) is 15.5. The standard InChI is InChI=1S/C16H18N8O/c17-16(25)15(12-4-2-1-3-5-12)23-10-8-22(9-11-23)14-7-6-13-18-20-21-24(13)19-14/h1-7,15H,8-11H2,(H2,17,25)/t15-/m0/s1. The van der Waals surface area contributed by atoms with Crippen molar-refractivity contribution in [3.63, 3.8) is 0 Å². The van der Waals surface area contributed by atoms with E-state index in [0.29, 0.717) is 5.65 Å². The van der Waals surface area contributed by atoms with Gasteiger partial charge in [-0.25, -0.2) is 0 Å². The second-order valence-electron chi connectivity index (χ2n) is 5.96. The van der Waals surface area contributed by atoms with Gasteiger partial charge in [0.2, 0.25) is 5.91 Å². The fourth-order valence-electron chi connectivity index (χ4n) is 3.21. The Morgan fingerprint density at radius 3 is 2.52 bits per heavy atom. The number of benzene rings is 1. The summed E-state index contributed by atoms with van der Waals surface area (Å²) in [5.74, 6) is 0.489. The molecule has 9 heteroatoms. The van der Waals surface area contributed by atoms with Crippen LogP contribution in [-0.2, 0) is 4.79 Å². The van der Waals surface area contributed by atoms with Crippen LogP contribution in [0.3, 0.4) is 0 Å². The normalized spacial score (nSPS) is 16.9. The summed E-state index contributed by atoms with van der Waals surface area (Å²) >= 11 is 0. The van der Waals surface area contributed by atoms with Crippen LogP contribution in [0, 0.1) is 0 Å². The molecule has 3 heterocycles. The predicted molar refractivity (Wildman–Crippen MR) is 90.7 cm³/mol. The van der Waals surface area contributed by atoms with Gasteiger partial charge >= 0.3 is 0 Å². The number of fused-ring (bicyclic) bond motifs is 1. The number of hydrogen-bond acceptors (Lipinski definition) is 7. The van der Waals surface area contributed by atoms with E-state index in [4.69, 9.17) is 5.73 Å². The van der Waals surface area contributed by atoms with Crippen molar-refractivity contribution in [2.45, 2.75) is 6.04 Å². The summed E-state index contributed by atoms with van der Waals surface area (Å²) in [7, 11) is 0. The molecule has 1 amide bonds. The van der Waals surface area contributed by atoms with Crippen molar-refractivity contribution in [2.75, 3.05) is 31.1 Å². The third kappa shape index (κ3) is 3.01. The molecule has 0 unspecified atom stereocenters. The maximum atomic E-state index is 12.0. The zero-order valence-corrected chi connectivity index (χ0v) is 13.6. The highest BCUT2D eigenvalue weighted by molar-refractivity contribution is 5.81. The van der Waals surface area contributed by atoms with Crippen molar-refractivity contribution in [2.24, 2.45) is 5.73 Å². The average molecular weight is 338 g/mol. The van der Waals surface area contributed by atoms with Crippen molar-refractivity contribution in [1.29, 1.82) is 0 Å². The lowest BCUT2D eigenvalue weighted by Crippen LogP contribution is -2.50. The Kier molecular flexibility index (Phi) is 3.98. The van der Waals surface area contributed by atoms with E-state index in [1.807, 2.05) is 42.5 Å². The van der Waals surface area contributed by atoms with Crippen LogP contribution in [-0.4, -0.2) is 62.2 Å². The van der Waals surface area contributed by atoms with Gasteiger partial charge in [0.05, 0.1) is 0 Å². The first-order valence-corrected chi connectivity index (χ1v) is 8.11. The summed E-state index contributed by atoms with van der Waals surface area (Å²) in [6.07, 6.45) is 0. The fraction of sp³-hybridized carbons (Fsp3) is 0.312. The molecule has 0 aliphatic carbocycles. The Morgan fingerprint density at radius 1 is 1.04 bits per heavy atom. The number of hydrogen-bond donors (Lipinski definition) is 1. The van der Waals surface area contributed by atoms with Gasteiger partial charge in [-0.05, 0) is 28.1 Å². The van der Waals surface area contributed by atoms with Crippen molar-refractivity contribution >= 4 is 17.4 Å². The largest absolute Gasteiger partial charge is 0.368 e. The Bertz CT molecular complexity index is 872. The van der Waals surface area contributed by atoms with Crippen molar-refractivity contribution in [3.05, 3.63) is 48.0 Å². The maximum Gasteiger partial charge on any atom is 0.239 e. The number of anilines is 1. The number of tetrazole rings is 1. The molecule has 0 radical (unpaired) electrons. The minimum absolute atomic E-state index is 0.326. The van der Waals surface area contributed by atoms with Gasteiger partial charge in [0.15, 0.2) is 11.5 Å². The topological polar surface area (TPSA) is 106 Å². The highest BCUT2D eigenvalue weighted by Crippen LogP contribution is 2.23. The van der Waals surface area contributed by atoms with Crippen LogP contribution in [0.4, 0.5) is 5.82 Å². The number of carbonyl (C=O) groups excluding carboxylic acids is 1.